The van der Waals surface area contributed by atoms with Crippen LogP contribution in [0.3, 0.4) is 0 Å². The van der Waals surface area contributed by atoms with Crippen LogP contribution in [-0.2, 0) is 16.4 Å². The van der Waals surface area contributed by atoms with Crippen LogP contribution in [0.5, 0.6) is 5.75 Å². The number of hydrogen-bond donors (Lipinski definition) is 3. The summed E-state index contributed by atoms with van der Waals surface area (Å²) < 4.78 is 32.7. The van der Waals surface area contributed by atoms with Gasteiger partial charge in [0.05, 0.1) is 10.8 Å². The molecule has 1 atom stereocenters. The Morgan fingerprint density at radius 2 is 1.77 bits per heavy atom. The minimum atomic E-state index is -4.20. The van der Waals surface area contributed by atoms with Crippen LogP contribution in [0.25, 0.3) is 0 Å². The monoisotopic (exact) mass is 445 g/mol. The van der Waals surface area contributed by atoms with Gasteiger partial charge in [-0.25, -0.2) is 17.9 Å². The number of aromatic hydroxyl groups is 1. The number of nitrogens with zero attached hydrogens (tertiary/aromatic N) is 2. The van der Waals surface area contributed by atoms with E-state index in [4.69, 9.17) is 9.52 Å². The van der Waals surface area contributed by atoms with Crippen molar-refractivity contribution in [3.8, 4) is 5.75 Å². The lowest BCUT2D eigenvalue weighted by Gasteiger charge is -2.10. The first kappa shape index (κ1) is 22.3. The molecule has 0 aliphatic carbocycles. The summed E-state index contributed by atoms with van der Waals surface area (Å²) in [6.45, 7) is 6.17. The molecule has 1 aromatic heterocycles. The Morgan fingerprint density at radius 1 is 1.10 bits per heavy atom. The van der Waals surface area contributed by atoms with Crippen molar-refractivity contribution in [3.63, 3.8) is 0 Å². The van der Waals surface area contributed by atoms with Crippen LogP contribution in [0.1, 0.15) is 54.1 Å². The van der Waals surface area contributed by atoms with Crippen molar-refractivity contribution in [3.05, 3.63) is 65.0 Å². The summed E-state index contributed by atoms with van der Waals surface area (Å²) in [5.74, 6) is -1.48. The Kier molecular flexibility index (Phi) is 6.30. The highest BCUT2D eigenvalue weighted by Crippen LogP contribution is 2.27. The Morgan fingerprint density at radius 3 is 2.39 bits per heavy atom. The molecule has 0 radical (unpaired) electrons. The van der Waals surface area contributed by atoms with E-state index in [-0.39, 0.29) is 22.7 Å². The first-order chi connectivity index (χ1) is 14.6. The maximum atomic E-state index is 12.5. The zero-order chi connectivity index (χ0) is 22.8. The van der Waals surface area contributed by atoms with Gasteiger partial charge in [0.25, 0.3) is 10.0 Å². The fraction of sp³-hybridized carbons (Fsp3) is 0.286. The summed E-state index contributed by atoms with van der Waals surface area (Å²) in [5.41, 5.74) is 1.62. The third-order valence-electron chi connectivity index (χ3n) is 4.67. The molecule has 0 saturated heterocycles. The molecular weight excluding hydrogens is 422 g/mol. The number of carboxylic acids is 1. The molecule has 0 aliphatic rings. The lowest BCUT2D eigenvalue weighted by molar-refractivity contribution is 0.0693. The van der Waals surface area contributed by atoms with Crippen LogP contribution in [-0.4, -0.2) is 34.8 Å². The summed E-state index contributed by atoms with van der Waals surface area (Å²) >= 11 is 0. The van der Waals surface area contributed by atoms with E-state index in [0.717, 1.165) is 30.2 Å². The minimum Gasteiger partial charge on any atom is -0.507 e. The number of rotatable bonds is 8. The molecule has 1 unspecified atom stereocenters. The molecule has 10 heteroatoms. The zero-order valence-corrected chi connectivity index (χ0v) is 18.0. The molecule has 3 N–H and O–H groups in total. The second kappa shape index (κ2) is 8.76. The molecule has 0 saturated carbocycles. The molecule has 0 amide bonds. The highest BCUT2D eigenvalue weighted by atomic mass is 32.2. The van der Waals surface area contributed by atoms with Crippen molar-refractivity contribution in [1.29, 1.82) is 0 Å². The number of phenols is 1. The molecule has 0 fully saturated rings. The van der Waals surface area contributed by atoms with Crippen LogP contribution in [0.4, 0.5) is 6.01 Å². The molecule has 3 aromatic rings. The highest BCUT2D eigenvalue weighted by molar-refractivity contribution is 7.92. The summed E-state index contributed by atoms with van der Waals surface area (Å²) in [5, 5.41) is 26.3. The molecular formula is C21H23N3O6S. The van der Waals surface area contributed by atoms with Crippen LogP contribution in [0.15, 0.2) is 51.8 Å². The summed E-state index contributed by atoms with van der Waals surface area (Å²) in [6, 6.07) is 10.6. The Hall–Kier alpha value is -3.40. The fourth-order valence-corrected chi connectivity index (χ4v) is 3.99. The lowest BCUT2D eigenvalue weighted by atomic mass is 9.97. The van der Waals surface area contributed by atoms with Crippen molar-refractivity contribution in [2.75, 3.05) is 4.72 Å². The first-order valence-corrected chi connectivity index (χ1v) is 11.1. The number of nitrogens with one attached hydrogen (secondary N) is 1. The van der Waals surface area contributed by atoms with Gasteiger partial charge in [-0.1, -0.05) is 43.2 Å². The van der Waals surface area contributed by atoms with Gasteiger partial charge in [0.1, 0.15) is 11.3 Å². The first-order valence-electron chi connectivity index (χ1n) is 9.58. The predicted molar refractivity (Wildman–Crippen MR) is 113 cm³/mol. The van der Waals surface area contributed by atoms with Gasteiger partial charge >= 0.3 is 12.0 Å². The predicted octanol–water partition coefficient (Wildman–Crippen LogP) is 3.62. The van der Waals surface area contributed by atoms with Crippen molar-refractivity contribution in [2.24, 2.45) is 5.92 Å². The molecule has 164 valence electrons. The maximum Gasteiger partial charge on any atom is 0.339 e. The highest BCUT2D eigenvalue weighted by Gasteiger charge is 2.23. The van der Waals surface area contributed by atoms with Gasteiger partial charge in [-0.05, 0) is 48.6 Å². The number of carbonyl (C=O) groups is 1. The standard InChI is InChI=1S/C21H23N3O6S/c1-12(2)10-14-4-6-15(7-5-14)13(3)19-22-23-21(30-19)24-31(28,29)16-8-9-18(25)17(11-16)20(26)27/h4-9,11-13,25H,10H2,1-3H3,(H,23,24)(H,26,27). The summed E-state index contributed by atoms with van der Waals surface area (Å²) in [4.78, 5) is 10.8. The lowest BCUT2D eigenvalue weighted by Crippen LogP contribution is -2.14. The second-order valence-corrected chi connectivity index (χ2v) is 9.28. The van der Waals surface area contributed by atoms with Gasteiger partial charge < -0.3 is 14.6 Å². The average Bonchev–Trinajstić information content (AvgIpc) is 3.15. The minimum absolute atomic E-state index is 0.228. The number of carboxylic acid groups (broad SMARTS) is 1. The van der Waals surface area contributed by atoms with E-state index in [1.807, 2.05) is 31.2 Å². The van der Waals surface area contributed by atoms with Crippen LogP contribution >= 0.6 is 0 Å². The Labute approximate surface area is 179 Å². The third-order valence-corrected chi connectivity index (χ3v) is 5.98. The SMILES string of the molecule is CC(C)Cc1ccc(C(C)c2nnc(NS(=O)(=O)c3ccc(O)c(C(=O)O)c3)o2)cc1. The van der Waals surface area contributed by atoms with E-state index in [1.165, 1.54) is 5.56 Å². The van der Waals surface area contributed by atoms with Gasteiger partial charge in [0.15, 0.2) is 0 Å². The van der Waals surface area contributed by atoms with Gasteiger partial charge in [-0.2, -0.15) is 0 Å². The van der Waals surface area contributed by atoms with E-state index < -0.39 is 27.3 Å². The van der Waals surface area contributed by atoms with Crippen LogP contribution in [0.2, 0.25) is 0 Å². The smallest absolute Gasteiger partial charge is 0.339 e. The van der Waals surface area contributed by atoms with E-state index in [2.05, 4.69) is 28.8 Å². The zero-order valence-electron chi connectivity index (χ0n) is 17.2. The van der Waals surface area contributed by atoms with Gasteiger partial charge in [-0.15, -0.1) is 5.10 Å². The van der Waals surface area contributed by atoms with E-state index >= 15 is 0 Å². The van der Waals surface area contributed by atoms with E-state index in [1.54, 1.807) is 0 Å². The number of benzene rings is 2. The van der Waals surface area contributed by atoms with Gasteiger partial charge in [-0.3, -0.25) is 0 Å². The van der Waals surface area contributed by atoms with E-state index in [0.29, 0.717) is 5.92 Å². The molecule has 1 heterocycles. The second-order valence-electron chi connectivity index (χ2n) is 7.60. The Bertz CT molecular complexity index is 1190. The van der Waals surface area contributed by atoms with Gasteiger partial charge in [0, 0.05) is 0 Å². The molecule has 0 spiro atoms. The third kappa shape index (κ3) is 5.21. The molecule has 31 heavy (non-hydrogen) atoms. The normalized spacial score (nSPS) is 12.6. The molecule has 3 rings (SSSR count). The summed E-state index contributed by atoms with van der Waals surface area (Å²) in [7, 11) is -4.20. The van der Waals surface area contributed by atoms with Crippen LogP contribution < -0.4 is 4.72 Å². The number of anilines is 1. The van der Waals surface area contributed by atoms with Crippen molar-refractivity contribution in [1.82, 2.24) is 10.2 Å². The molecule has 2 aromatic carbocycles. The molecule has 0 aliphatic heterocycles. The average molecular weight is 445 g/mol. The number of aromatic nitrogens is 2. The quantitative estimate of drug-likeness (QED) is 0.477. The summed E-state index contributed by atoms with van der Waals surface area (Å²) in [6.07, 6.45) is 0.974. The van der Waals surface area contributed by atoms with Crippen LogP contribution in [0, 0.1) is 5.92 Å². The number of sulfonamides is 1. The molecule has 9 nitrogen and oxygen atoms in total. The Balaban J connectivity index is 1.77. The molecule has 0 bridgehead atoms. The topological polar surface area (TPSA) is 143 Å². The number of hydrogen-bond acceptors (Lipinski definition) is 7. The van der Waals surface area contributed by atoms with Gasteiger partial charge in [0.2, 0.25) is 5.89 Å². The van der Waals surface area contributed by atoms with E-state index in [9.17, 15) is 18.3 Å². The maximum absolute atomic E-state index is 12.5. The number of aromatic carboxylic acids is 1. The van der Waals surface area contributed by atoms with Crippen molar-refractivity contribution < 1.29 is 27.8 Å². The van der Waals surface area contributed by atoms with Crippen molar-refractivity contribution >= 4 is 22.0 Å². The fourth-order valence-electron chi connectivity index (χ4n) is 3.03. The van der Waals surface area contributed by atoms with Crippen molar-refractivity contribution in [2.45, 2.75) is 38.0 Å². The largest absolute Gasteiger partial charge is 0.507 e.